The van der Waals surface area contributed by atoms with E-state index in [1.54, 1.807) is 18.1 Å². The third kappa shape index (κ3) is 2.41. The maximum absolute atomic E-state index is 4.91. The summed E-state index contributed by atoms with van der Waals surface area (Å²) in [4.78, 5) is 13.6. The normalized spacial score (nSPS) is 15.0. The van der Waals surface area contributed by atoms with Crippen molar-refractivity contribution in [3.05, 3.63) is 16.8 Å². The molecule has 3 heterocycles. The van der Waals surface area contributed by atoms with Crippen LogP contribution >= 0.6 is 23.1 Å². The predicted octanol–water partition coefficient (Wildman–Crippen LogP) is 1.45. The molecule has 1 aliphatic carbocycles. The molecule has 0 aromatic carbocycles. The number of quaternary nitrogens is 1. The summed E-state index contributed by atoms with van der Waals surface area (Å²) in [5, 5.41) is 6.64. The molecular weight excluding hydrogens is 314 g/mol. The lowest BCUT2D eigenvalue weighted by molar-refractivity contribution is -0.855. The van der Waals surface area contributed by atoms with Crippen molar-refractivity contribution in [3.63, 3.8) is 0 Å². The highest BCUT2D eigenvalue weighted by Gasteiger charge is 2.21. The first-order valence-corrected chi connectivity index (χ1v) is 9.60. The quantitative estimate of drug-likeness (QED) is 0.580. The Bertz CT molecular complexity index is 820. The summed E-state index contributed by atoms with van der Waals surface area (Å²) in [6, 6.07) is 0. The number of thioether (sulfide) groups is 1. The number of fused-ring (bicyclic) bond motifs is 5. The predicted molar refractivity (Wildman–Crippen MR) is 91.2 cm³/mol. The minimum atomic E-state index is 0.972. The summed E-state index contributed by atoms with van der Waals surface area (Å²) in [6.07, 6.45) is 6.60. The fourth-order valence-corrected chi connectivity index (χ4v) is 5.41. The van der Waals surface area contributed by atoms with Gasteiger partial charge in [-0.25, -0.2) is 9.97 Å². The number of nitrogens with one attached hydrogen (secondary N) is 1. The van der Waals surface area contributed by atoms with Crippen LogP contribution in [0.4, 0.5) is 0 Å². The highest BCUT2D eigenvalue weighted by Crippen LogP contribution is 2.38. The summed E-state index contributed by atoms with van der Waals surface area (Å²) in [7, 11) is 4.35. The Hall–Kier alpha value is -1.18. The van der Waals surface area contributed by atoms with Gasteiger partial charge in [0, 0.05) is 4.88 Å². The summed E-state index contributed by atoms with van der Waals surface area (Å²) >= 11 is 3.64. The first-order valence-electron chi connectivity index (χ1n) is 7.80. The van der Waals surface area contributed by atoms with Gasteiger partial charge in [0.15, 0.2) is 10.8 Å². The first-order chi connectivity index (χ1) is 10.7. The van der Waals surface area contributed by atoms with E-state index >= 15 is 0 Å². The zero-order chi connectivity index (χ0) is 15.1. The smallest absolute Gasteiger partial charge is 0.192 e. The topological polar surface area (TPSA) is 47.5 Å². The van der Waals surface area contributed by atoms with Gasteiger partial charge in [-0.1, -0.05) is 11.8 Å². The molecule has 3 aromatic heterocycles. The minimum Gasteiger partial charge on any atom is -0.339 e. The molecule has 0 aliphatic heterocycles. The lowest BCUT2D eigenvalue weighted by Crippen LogP contribution is -3.06. The number of rotatable bonds is 4. The highest BCUT2D eigenvalue weighted by atomic mass is 32.2. The third-order valence-corrected chi connectivity index (χ3v) is 6.25. The van der Waals surface area contributed by atoms with E-state index in [-0.39, 0.29) is 0 Å². The lowest BCUT2D eigenvalue weighted by atomic mass is 9.97. The van der Waals surface area contributed by atoms with Crippen molar-refractivity contribution in [3.8, 4) is 0 Å². The van der Waals surface area contributed by atoms with Crippen molar-refractivity contribution < 1.29 is 4.90 Å². The van der Waals surface area contributed by atoms with Crippen LogP contribution in [0.2, 0.25) is 0 Å². The minimum absolute atomic E-state index is 0.972. The molecule has 0 bridgehead atoms. The van der Waals surface area contributed by atoms with E-state index < -0.39 is 0 Å². The fourth-order valence-electron chi connectivity index (χ4n) is 2.99. The molecule has 4 rings (SSSR count). The molecule has 1 aliphatic rings. The second-order valence-electron chi connectivity index (χ2n) is 6.09. The Balaban J connectivity index is 1.82. The van der Waals surface area contributed by atoms with Crippen LogP contribution < -0.4 is 4.90 Å². The van der Waals surface area contributed by atoms with Gasteiger partial charge in [-0.05, 0) is 31.2 Å². The molecule has 116 valence electrons. The SMILES string of the molecule is C[NH+](C)CCSc1nc2sc3c(c2c2ncnn12)CCCC3. The van der Waals surface area contributed by atoms with Gasteiger partial charge < -0.3 is 4.90 Å². The van der Waals surface area contributed by atoms with Gasteiger partial charge in [0.25, 0.3) is 0 Å². The Morgan fingerprint density at radius 1 is 1.32 bits per heavy atom. The van der Waals surface area contributed by atoms with Gasteiger partial charge in [-0.3, -0.25) is 0 Å². The average molecular weight is 334 g/mol. The number of hydrogen-bond donors (Lipinski definition) is 1. The molecule has 5 nitrogen and oxygen atoms in total. The Kier molecular flexibility index (Phi) is 3.79. The van der Waals surface area contributed by atoms with Crippen molar-refractivity contribution in [1.82, 2.24) is 19.6 Å². The van der Waals surface area contributed by atoms with Crippen LogP contribution in [-0.4, -0.2) is 46.0 Å². The summed E-state index contributed by atoms with van der Waals surface area (Å²) in [5.41, 5.74) is 2.47. The third-order valence-electron chi connectivity index (χ3n) is 4.14. The van der Waals surface area contributed by atoms with E-state index in [4.69, 9.17) is 4.98 Å². The Morgan fingerprint density at radius 3 is 3.05 bits per heavy atom. The van der Waals surface area contributed by atoms with Gasteiger partial charge >= 0.3 is 0 Å². The van der Waals surface area contributed by atoms with Crippen molar-refractivity contribution in [2.75, 3.05) is 26.4 Å². The molecule has 0 fully saturated rings. The van der Waals surface area contributed by atoms with Gasteiger partial charge in [0.1, 0.15) is 11.2 Å². The number of aryl methyl sites for hydroxylation is 2. The van der Waals surface area contributed by atoms with Crippen LogP contribution in [0.15, 0.2) is 11.5 Å². The van der Waals surface area contributed by atoms with Crippen molar-refractivity contribution in [2.24, 2.45) is 0 Å². The number of hydrogen-bond acceptors (Lipinski definition) is 5. The molecule has 0 atom stereocenters. The number of aromatic nitrogens is 4. The molecule has 1 N–H and O–H groups in total. The molecule has 0 radical (unpaired) electrons. The average Bonchev–Trinajstić information content (AvgIpc) is 3.10. The van der Waals surface area contributed by atoms with Crippen LogP contribution in [0.1, 0.15) is 23.3 Å². The largest absolute Gasteiger partial charge is 0.339 e. The summed E-state index contributed by atoms with van der Waals surface area (Å²) < 4.78 is 1.93. The number of thiophene rings is 1. The summed E-state index contributed by atoms with van der Waals surface area (Å²) in [6.45, 7) is 1.11. The molecule has 0 spiro atoms. The maximum Gasteiger partial charge on any atom is 0.192 e. The standard InChI is InChI=1S/C15H19N5S2/c1-19(2)7-8-21-15-18-14-12(13-16-9-17-20(13)15)10-5-3-4-6-11(10)22-14/h9H,3-8H2,1-2H3/p+1. The zero-order valence-electron chi connectivity index (χ0n) is 12.9. The first kappa shape index (κ1) is 14.4. The second kappa shape index (κ2) is 5.79. The van der Waals surface area contributed by atoms with E-state index in [2.05, 4.69) is 24.2 Å². The molecule has 0 unspecified atom stereocenters. The van der Waals surface area contributed by atoms with E-state index in [0.29, 0.717) is 0 Å². The second-order valence-corrected chi connectivity index (χ2v) is 8.23. The van der Waals surface area contributed by atoms with E-state index in [1.807, 2.05) is 15.9 Å². The molecule has 0 amide bonds. The van der Waals surface area contributed by atoms with E-state index in [1.165, 1.54) is 40.0 Å². The molecule has 0 saturated heterocycles. The molecule has 0 saturated carbocycles. The van der Waals surface area contributed by atoms with Gasteiger partial charge in [0.05, 0.1) is 31.8 Å². The Morgan fingerprint density at radius 2 is 2.18 bits per heavy atom. The molecule has 7 heteroatoms. The van der Waals surface area contributed by atoms with Crippen LogP contribution in [0.25, 0.3) is 15.9 Å². The summed E-state index contributed by atoms with van der Waals surface area (Å²) in [5.74, 6) is 1.04. The fraction of sp³-hybridized carbons (Fsp3) is 0.533. The van der Waals surface area contributed by atoms with Crippen molar-refractivity contribution in [2.45, 2.75) is 30.8 Å². The van der Waals surface area contributed by atoms with E-state index in [0.717, 1.165) is 34.4 Å². The van der Waals surface area contributed by atoms with Crippen molar-refractivity contribution >= 4 is 39.0 Å². The van der Waals surface area contributed by atoms with Gasteiger partial charge in [-0.15, -0.1) is 11.3 Å². The highest BCUT2D eigenvalue weighted by molar-refractivity contribution is 7.99. The molecular formula is C15H20N5S2+. The maximum atomic E-state index is 4.91. The van der Waals surface area contributed by atoms with Crippen LogP contribution in [0, 0.1) is 0 Å². The number of nitrogens with zero attached hydrogens (tertiary/aromatic N) is 4. The molecule has 22 heavy (non-hydrogen) atoms. The van der Waals surface area contributed by atoms with E-state index in [9.17, 15) is 0 Å². The lowest BCUT2D eigenvalue weighted by Gasteiger charge is -2.10. The van der Waals surface area contributed by atoms with Crippen LogP contribution in [0.3, 0.4) is 0 Å². The van der Waals surface area contributed by atoms with Crippen LogP contribution in [0.5, 0.6) is 0 Å². The zero-order valence-corrected chi connectivity index (χ0v) is 14.6. The Labute approximate surface area is 137 Å². The molecule has 3 aromatic rings. The van der Waals surface area contributed by atoms with Crippen LogP contribution in [-0.2, 0) is 12.8 Å². The van der Waals surface area contributed by atoms with Crippen molar-refractivity contribution in [1.29, 1.82) is 0 Å². The van der Waals surface area contributed by atoms with Gasteiger partial charge in [0.2, 0.25) is 0 Å². The van der Waals surface area contributed by atoms with Gasteiger partial charge in [-0.2, -0.15) is 9.61 Å². The monoisotopic (exact) mass is 334 g/mol.